The highest BCUT2D eigenvalue weighted by molar-refractivity contribution is 5.71. The number of alkyl halides is 1. The van der Waals surface area contributed by atoms with E-state index in [1.165, 1.54) is 0 Å². The largest absolute Gasteiger partial charge is 0.396 e. The zero-order valence-corrected chi connectivity index (χ0v) is 11.1. The zero-order chi connectivity index (χ0) is 16.0. The van der Waals surface area contributed by atoms with Gasteiger partial charge in [-0.25, -0.2) is 13.8 Å². The van der Waals surface area contributed by atoms with E-state index < -0.39 is 36.4 Å². The third-order valence-corrected chi connectivity index (χ3v) is 3.88. The van der Waals surface area contributed by atoms with Gasteiger partial charge in [0, 0.05) is 5.92 Å². The Morgan fingerprint density at radius 1 is 1.55 bits per heavy atom. The summed E-state index contributed by atoms with van der Waals surface area (Å²) >= 11 is 0. The van der Waals surface area contributed by atoms with Crippen LogP contribution in [0.15, 0.2) is 23.0 Å². The lowest BCUT2D eigenvalue weighted by Crippen LogP contribution is -2.27. The number of nitrogens with zero attached hydrogens (tertiary/aromatic N) is 3. The molecular weight excluding hydrogens is 300 g/mol. The Bertz CT molecular complexity index is 802. The predicted octanol–water partition coefficient (Wildman–Crippen LogP) is -0.583. The molecule has 1 saturated carbocycles. The molecule has 8 nitrogen and oxygen atoms in total. The molecule has 0 amide bonds. The van der Waals surface area contributed by atoms with E-state index in [0.29, 0.717) is 0 Å². The summed E-state index contributed by atoms with van der Waals surface area (Å²) in [5.74, 6) is -1.28. The molecule has 2 heterocycles. The van der Waals surface area contributed by atoms with Crippen molar-refractivity contribution in [1.29, 1.82) is 0 Å². The minimum Gasteiger partial charge on any atom is -0.396 e. The van der Waals surface area contributed by atoms with Gasteiger partial charge in [-0.15, -0.1) is 0 Å². The molecule has 1 aliphatic rings. The smallest absolute Gasteiger partial charge is 0.280 e. The average Bonchev–Trinajstić information content (AvgIpc) is 2.99. The van der Waals surface area contributed by atoms with Crippen LogP contribution in [0.1, 0.15) is 6.04 Å². The van der Waals surface area contributed by atoms with Gasteiger partial charge in [-0.05, 0) is 5.57 Å². The van der Waals surface area contributed by atoms with Crippen LogP contribution in [0.4, 0.5) is 14.7 Å². The second-order valence-electron chi connectivity index (χ2n) is 5.05. The van der Waals surface area contributed by atoms with Crippen molar-refractivity contribution in [1.82, 2.24) is 19.5 Å². The number of nitrogens with one attached hydrogen (secondary N) is 1. The third-order valence-electron chi connectivity index (χ3n) is 3.88. The summed E-state index contributed by atoms with van der Waals surface area (Å²) in [7, 11) is 0. The second-order valence-corrected chi connectivity index (χ2v) is 5.05. The molecule has 0 spiro atoms. The molecule has 2 aromatic rings. The number of nitrogen functional groups attached to an aromatic ring is 1. The molecule has 3 rings (SSSR count). The maximum Gasteiger partial charge on any atom is 0.280 e. The summed E-state index contributed by atoms with van der Waals surface area (Å²) in [5.41, 5.74) is 4.60. The van der Waals surface area contributed by atoms with Crippen molar-refractivity contribution in [2.24, 2.45) is 5.92 Å². The molecule has 0 aliphatic heterocycles. The molecule has 5 N–H and O–H groups in total. The summed E-state index contributed by atoms with van der Waals surface area (Å²) in [6.45, 7) is -0.614. The highest BCUT2D eigenvalue weighted by Gasteiger charge is 2.48. The van der Waals surface area contributed by atoms with Gasteiger partial charge in [-0.3, -0.25) is 9.78 Å². The number of aromatic nitrogens is 4. The molecule has 0 aromatic carbocycles. The van der Waals surface area contributed by atoms with Gasteiger partial charge in [0.05, 0.1) is 31.4 Å². The first-order valence-corrected chi connectivity index (χ1v) is 6.45. The van der Waals surface area contributed by atoms with Gasteiger partial charge in [0.1, 0.15) is 0 Å². The van der Waals surface area contributed by atoms with E-state index in [0.717, 1.165) is 10.9 Å². The third kappa shape index (κ3) is 1.91. The van der Waals surface area contributed by atoms with Gasteiger partial charge in [0.15, 0.2) is 17.3 Å². The van der Waals surface area contributed by atoms with Crippen LogP contribution in [0.3, 0.4) is 0 Å². The van der Waals surface area contributed by atoms with E-state index in [1.807, 2.05) is 0 Å². The second kappa shape index (κ2) is 5.14. The summed E-state index contributed by atoms with van der Waals surface area (Å²) in [5, 5.41) is 19.0. The molecular formula is C12H13F2N5O3. The molecule has 2 aromatic heterocycles. The standard InChI is InChI=1S/C12H13F2N5O3/c13-1-4-5(2-20)9(21)6(14)8(4)19-3-16-7-10(19)17-12(15)18-11(7)22/h1,3,5-6,8-9,20-21H,2H2,(H3,15,17,18,22)/b4-1-/t5-,6+,8+,9+/m0/s1. The Hall–Kier alpha value is -2.33. The first-order valence-electron chi connectivity index (χ1n) is 6.45. The predicted molar refractivity (Wildman–Crippen MR) is 72.3 cm³/mol. The molecule has 0 unspecified atom stereocenters. The Labute approximate surface area is 121 Å². The Kier molecular flexibility index (Phi) is 3.41. The molecule has 0 saturated heterocycles. The Balaban J connectivity index is 2.20. The van der Waals surface area contributed by atoms with Crippen LogP contribution in [-0.4, -0.2) is 48.6 Å². The van der Waals surface area contributed by atoms with E-state index in [-0.39, 0.29) is 29.0 Å². The number of nitrogens with two attached hydrogens (primary N) is 1. The van der Waals surface area contributed by atoms with E-state index in [4.69, 9.17) is 5.73 Å². The molecule has 1 fully saturated rings. The lowest BCUT2D eigenvalue weighted by atomic mass is 10.0. The van der Waals surface area contributed by atoms with Crippen LogP contribution in [-0.2, 0) is 0 Å². The monoisotopic (exact) mass is 313 g/mol. The molecule has 0 bridgehead atoms. The Morgan fingerprint density at radius 2 is 2.27 bits per heavy atom. The average molecular weight is 313 g/mol. The fourth-order valence-corrected chi connectivity index (χ4v) is 2.83. The van der Waals surface area contributed by atoms with Crippen molar-refractivity contribution in [3.63, 3.8) is 0 Å². The number of aliphatic hydroxyl groups excluding tert-OH is 2. The minimum atomic E-state index is -1.89. The van der Waals surface area contributed by atoms with Crippen molar-refractivity contribution >= 4 is 17.1 Å². The van der Waals surface area contributed by atoms with Crippen molar-refractivity contribution < 1.29 is 19.0 Å². The van der Waals surface area contributed by atoms with E-state index in [1.54, 1.807) is 0 Å². The van der Waals surface area contributed by atoms with Gasteiger partial charge in [-0.2, -0.15) is 4.98 Å². The zero-order valence-electron chi connectivity index (χ0n) is 11.1. The molecule has 22 heavy (non-hydrogen) atoms. The normalized spacial score (nSPS) is 30.5. The van der Waals surface area contributed by atoms with Crippen LogP contribution in [0.25, 0.3) is 11.2 Å². The maximum atomic E-state index is 14.4. The van der Waals surface area contributed by atoms with Gasteiger partial charge in [-0.1, -0.05) is 0 Å². The van der Waals surface area contributed by atoms with Gasteiger partial charge < -0.3 is 20.5 Å². The van der Waals surface area contributed by atoms with Gasteiger partial charge in [0.25, 0.3) is 5.56 Å². The van der Waals surface area contributed by atoms with Crippen molar-refractivity contribution in [3.8, 4) is 0 Å². The number of fused-ring (bicyclic) bond motifs is 1. The number of aliphatic hydroxyl groups is 2. The summed E-state index contributed by atoms with van der Waals surface area (Å²) < 4.78 is 28.7. The number of aromatic amines is 1. The number of H-pyrrole nitrogens is 1. The van der Waals surface area contributed by atoms with Gasteiger partial charge >= 0.3 is 0 Å². The number of rotatable bonds is 2. The quantitative estimate of drug-likeness (QED) is 0.587. The number of anilines is 1. The van der Waals surface area contributed by atoms with Crippen LogP contribution >= 0.6 is 0 Å². The van der Waals surface area contributed by atoms with Crippen LogP contribution in [0.5, 0.6) is 0 Å². The summed E-state index contributed by atoms with van der Waals surface area (Å²) in [4.78, 5) is 21.7. The molecule has 4 atom stereocenters. The van der Waals surface area contributed by atoms with Crippen molar-refractivity contribution in [2.45, 2.75) is 18.3 Å². The van der Waals surface area contributed by atoms with E-state index >= 15 is 0 Å². The molecule has 0 radical (unpaired) electrons. The highest BCUT2D eigenvalue weighted by Crippen LogP contribution is 2.43. The minimum absolute atomic E-state index is 0.0287. The van der Waals surface area contributed by atoms with Crippen LogP contribution in [0, 0.1) is 5.92 Å². The molecule has 118 valence electrons. The first kappa shape index (κ1) is 14.6. The number of halogens is 2. The van der Waals surface area contributed by atoms with E-state index in [2.05, 4.69) is 15.0 Å². The Morgan fingerprint density at radius 3 is 2.91 bits per heavy atom. The molecule has 10 heteroatoms. The summed E-state index contributed by atoms with van der Waals surface area (Å²) in [6, 6.07) is -1.27. The topological polar surface area (TPSA) is 130 Å². The number of imidazole rings is 1. The lowest BCUT2D eigenvalue weighted by Gasteiger charge is -2.17. The van der Waals surface area contributed by atoms with Crippen molar-refractivity contribution in [2.75, 3.05) is 12.3 Å². The number of hydrogen-bond acceptors (Lipinski definition) is 6. The molecule has 1 aliphatic carbocycles. The van der Waals surface area contributed by atoms with Crippen LogP contribution in [0.2, 0.25) is 0 Å². The SMILES string of the molecule is Nc1nc2c(ncn2[C@@H]2/C(=C\F)[C@H](CO)[C@@H](O)[C@@H]2F)c(=O)[nH]1. The number of hydrogen-bond donors (Lipinski definition) is 4. The first-order chi connectivity index (χ1) is 10.5. The summed E-state index contributed by atoms with van der Waals surface area (Å²) in [6.07, 6.45) is -2.19. The lowest BCUT2D eigenvalue weighted by molar-refractivity contribution is 0.0425. The van der Waals surface area contributed by atoms with Crippen LogP contribution < -0.4 is 11.3 Å². The fourth-order valence-electron chi connectivity index (χ4n) is 2.83. The van der Waals surface area contributed by atoms with E-state index in [9.17, 15) is 23.8 Å². The van der Waals surface area contributed by atoms with Gasteiger partial charge in [0.2, 0.25) is 5.95 Å². The maximum absolute atomic E-state index is 14.4. The fraction of sp³-hybridized carbons (Fsp3) is 0.417. The van der Waals surface area contributed by atoms with Crippen molar-refractivity contribution in [3.05, 3.63) is 28.6 Å². The highest BCUT2D eigenvalue weighted by atomic mass is 19.1.